The molecule has 0 atom stereocenters. The molecule has 0 saturated carbocycles. The Hall–Kier alpha value is -1.77. The molecule has 4 heteroatoms. The summed E-state index contributed by atoms with van der Waals surface area (Å²) in [5.74, 6) is 0. The molecule has 3 aromatic rings. The van der Waals surface area contributed by atoms with Crippen LogP contribution in [0.1, 0.15) is 5.56 Å². The molecule has 0 radical (unpaired) electrons. The molecule has 0 saturated heterocycles. The number of anilines is 2. The number of halogens is 2. The summed E-state index contributed by atoms with van der Waals surface area (Å²) >= 11 is 12.3. The molecule has 0 spiro atoms. The lowest BCUT2D eigenvalue weighted by Crippen LogP contribution is -1.95. The molecule has 1 N–H and O–H groups in total. The van der Waals surface area contributed by atoms with Gasteiger partial charge in [-0.05, 0) is 36.8 Å². The van der Waals surface area contributed by atoms with Crippen LogP contribution >= 0.6 is 23.2 Å². The van der Waals surface area contributed by atoms with Crippen LogP contribution in [0, 0.1) is 6.92 Å². The van der Waals surface area contributed by atoms with Gasteiger partial charge in [0, 0.05) is 28.0 Å². The molecule has 0 aliphatic heterocycles. The highest BCUT2D eigenvalue weighted by atomic mass is 35.5. The lowest BCUT2D eigenvalue weighted by molar-refractivity contribution is 1.39. The van der Waals surface area contributed by atoms with Crippen LogP contribution in [-0.4, -0.2) is 4.98 Å². The number of hydrogen-bond donors (Lipinski definition) is 1. The summed E-state index contributed by atoms with van der Waals surface area (Å²) < 4.78 is 0. The van der Waals surface area contributed by atoms with Gasteiger partial charge < -0.3 is 5.32 Å². The first-order valence-electron chi connectivity index (χ1n) is 6.22. The Kier molecular flexibility index (Phi) is 3.51. The molecule has 1 aromatic heterocycles. The van der Waals surface area contributed by atoms with Gasteiger partial charge in [-0.3, -0.25) is 4.98 Å². The average molecular weight is 303 g/mol. The molecule has 2 aromatic carbocycles. The zero-order valence-corrected chi connectivity index (χ0v) is 12.3. The average Bonchev–Trinajstić information content (AvgIpc) is 2.45. The fourth-order valence-electron chi connectivity index (χ4n) is 2.14. The Morgan fingerprint density at radius 2 is 1.65 bits per heavy atom. The molecule has 0 fully saturated rings. The maximum atomic E-state index is 6.18. The van der Waals surface area contributed by atoms with Gasteiger partial charge in [-0.15, -0.1) is 0 Å². The summed E-state index contributed by atoms with van der Waals surface area (Å²) in [6, 6.07) is 13.5. The summed E-state index contributed by atoms with van der Waals surface area (Å²) in [4.78, 5) is 4.32. The lowest BCUT2D eigenvalue weighted by atomic mass is 10.1. The number of aromatic nitrogens is 1. The van der Waals surface area contributed by atoms with Gasteiger partial charge >= 0.3 is 0 Å². The van der Waals surface area contributed by atoms with Crippen molar-refractivity contribution in [2.45, 2.75) is 6.92 Å². The van der Waals surface area contributed by atoms with Crippen LogP contribution < -0.4 is 5.32 Å². The maximum absolute atomic E-state index is 6.18. The molecule has 0 amide bonds. The number of nitrogens with one attached hydrogen (secondary N) is 1. The minimum Gasteiger partial charge on any atom is -0.355 e. The van der Waals surface area contributed by atoms with Gasteiger partial charge in [-0.25, -0.2) is 0 Å². The normalized spacial score (nSPS) is 10.8. The Balaban J connectivity index is 2.12. The van der Waals surface area contributed by atoms with Gasteiger partial charge in [0.15, 0.2) is 0 Å². The number of benzene rings is 2. The minimum absolute atomic E-state index is 0.647. The van der Waals surface area contributed by atoms with E-state index in [1.165, 1.54) is 0 Å². The van der Waals surface area contributed by atoms with Gasteiger partial charge in [0.2, 0.25) is 0 Å². The first-order chi connectivity index (χ1) is 9.66. The number of rotatable bonds is 2. The molecular weight excluding hydrogens is 291 g/mol. The number of nitrogens with zero attached hydrogens (tertiary/aromatic N) is 1. The van der Waals surface area contributed by atoms with Gasteiger partial charge in [-0.1, -0.05) is 41.4 Å². The quantitative estimate of drug-likeness (QED) is 0.667. The highest BCUT2D eigenvalue weighted by molar-refractivity contribution is 6.35. The number of pyridine rings is 1. The standard InChI is InChI=1S/C16H12Cl2N2/c1-10-12(17)5-3-7-14(10)20-15-8-9-19-16-11(15)4-2-6-13(16)18/h2-9H,1H3,(H,19,20). The minimum atomic E-state index is 0.647. The topological polar surface area (TPSA) is 24.9 Å². The number of hydrogen-bond acceptors (Lipinski definition) is 2. The van der Waals surface area contributed by atoms with Crippen LogP contribution in [0.25, 0.3) is 10.9 Å². The third kappa shape index (κ3) is 2.33. The molecule has 1 heterocycles. The molecule has 2 nitrogen and oxygen atoms in total. The van der Waals surface area contributed by atoms with Crippen LogP contribution in [0.5, 0.6) is 0 Å². The van der Waals surface area contributed by atoms with Crippen LogP contribution in [0.4, 0.5) is 11.4 Å². The highest BCUT2D eigenvalue weighted by Crippen LogP contribution is 2.31. The third-order valence-corrected chi connectivity index (χ3v) is 3.97. The predicted octanol–water partition coefficient (Wildman–Crippen LogP) is 5.59. The van der Waals surface area contributed by atoms with Crippen LogP contribution in [0.3, 0.4) is 0 Å². The summed E-state index contributed by atoms with van der Waals surface area (Å²) in [7, 11) is 0. The molecule has 0 unspecified atom stereocenters. The van der Waals surface area contributed by atoms with Crippen molar-refractivity contribution in [3.8, 4) is 0 Å². The van der Waals surface area contributed by atoms with Crippen molar-refractivity contribution in [3.05, 3.63) is 64.3 Å². The molecule has 0 aliphatic carbocycles. The molecule has 3 rings (SSSR count). The van der Waals surface area contributed by atoms with Gasteiger partial charge in [0.05, 0.1) is 10.5 Å². The van der Waals surface area contributed by atoms with Gasteiger partial charge in [0.1, 0.15) is 0 Å². The zero-order chi connectivity index (χ0) is 14.1. The van der Waals surface area contributed by atoms with E-state index >= 15 is 0 Å². The van der Waals surface area contributed by atoms with Crippen molar-refractivity contribution in [2.75, 3.05) is 5.32 Å². The van der Waals surface area contributed by atoms with Gasteiger partial charge in [-0.2, -0.15) is 0 Å². The highest BCUT2D eigenvalue weighted by Gasteiger charge is 2.07. The molecular formula is C16H12Cl2N2. The second-order valence-electron chi connectivity index (χ2n) is 4.53. The van der Waals surface area contributed by atoms with Crippen LogP contribution in [-0.2, 0) is 0 Å². The van der Waals surface area contributed by atoms with Crippen molar-refractivity contribution < 1.29 is 0 Å². The fraction of sp³-hybridized carbons (Fsp3) is 0.0625. The fourth-order valence-corrected chi connectivity index (χ4v) is 2.53. The molecule has 0 bridgehead atoms. The van der Waals surface area contributed by atoms with E-state index in [-0.39, 0.29) is 0 Å². The largest absolute Gasteiger partial charge is 0.355 e. The van der Waals surface area contributed by atoms with E-state index in [2.05, 4.69) is 10.3 Å². The molecule has 20 heavy (non-hydrogen) atoms. The summed E-state index contributed by atoms with van der Waals surface area (Å²) in [5.41, 5.74) is 3.74. The second-order valence-corrected chi connectivity index (χ2v) is 5.35. The Morgan fingerprint density at radius 1 is 0.900 bits per heavy atom. The van der Waals surface area contributed by atoms with Gasteiger partial charge in [0.25, 0.3) is 0 Å². The van der Waals surface area contributed by atoms with E-state index in [0.717, 1.165) is 32.9 Å². The summed E-state index contributed by atoms with van der Waals surface area (Å²) in [6.07, 6.45) is 1.75. The molecule has 0 aliphatic rings. The lowest BCUT2D eigenvalue weighted by Gasteiger charge is -2.13. The van der Waals surface area contributed by atoms with Crippen molar-refractivity contribution in [1.82, 2.24) is 4.98 Å². The smallest absolute Gasteiger partial charge is 0.0908 e. The first kappa shape index (κ1) is 13.2. The van der Waals surface area contributed by atoms with E-state index in [0.29, 0.717) is 5.02 Å². The Morgan fingerprint density at radius 3 is 2.50 bits per heavy atom. The van der Waals surface area contributed by atoms with Crippen molar-refractivity contribution in [3.63, 3.8) is 0 Å². The Bertz CT molecular complexity index is 785. The van der Waals surface area contributed by atoms with Crippen LogP contribution in [0.2, 0.25) is 10.0 Å². The van der Waals surface area contributed by atoms with E-state index in [9.17, 15) is 0 Å². The summed E-state index contributed by atoms with van der Waals surface area (Å²) in [5, 5.41) is 5.77. The SMILES string of the molecule is Cc1c(Cl)cccc1Nc1ccnc2c(Cl)cccc12. The van der Waals surface area contributed by atoms with Crippen molar-refractivity contribution in [1.29, 1.82) is 0 Å². The van der Waals surface area contributed by atoms with Crippen molar-refractivity contribution >= 4 is 45.5 Å². The third-order valence-electron chi connectivity index (χ3n) is 3.26. The number of para-hydroxylation sites is 1. The maximum Gasteiger partial charge on any atom is 0.0908 e. The van der Waals surface area contributed by atoms with E-state index in [1.807, 2.05) is 49.4 Å². The first-order valence-corrected chi connectivity index (χ1v) is 6.98. The summed E-state index contributed by atoms with van der Waals surface area (Å²) in [6.45, 7) is 1.99. The van der Waals surface area contributed by atoms with E-state index < -0.39 is 0 Å². The Labute approximate surface area is 127 Å². The zero-order valence-electron chi connectivity index (χ0n) is 10.8. The predicted molar refractivity (Wildman–Crippen MR) is 86.2 cm³/mol. The number of fused-ring (bicyclic) bond motifs is 1. The molecule has 100 valence electrons. The monoisotopic (exact) mass is 302 g/mol. The van der Waals surface area contributed by atoms with E-state index in [1.54, 1.807) is 6.20 Å². The van der Waals surface area contributed by atoms with E-state index in [4.69, 9.17) is 23.2 Å². The van der Waals surface area contributed by atoms with Crippen LogP contribution in [0.15, 0.2) is 48.7 Å². The second kappa shape index (κ2) is 5.31. The van der Waals surface area contributed by atoms with Crippen molar-refractivity contribution in [2.24, 2.45) is 0 Å².